The summed E-state index contributed by atoms with van der Waals surface area (Å²) in [5.41, 5.74) is 7.81. The Bertz CT molecular complexity index is 151. The van der Waals surface area contributed by atoms with Gasteiger partial charge in [-0.2, -0.15) is 5.90 Å². The number of hydrogen-bond acceptors (Lipinski definition) is 4. The van der Waals surface area contributed by atoms with Gasteiger partial charge in [0.2, 0.25) is 0 Å². The summed E-state index contributed by atoms with van der Waals surface area (Å²) in [5, 5.41) is 3.21. The largest absolute Gasteiger partial charge is 0.373 e. The van der Waals surface area contributed by atoms with Gasteiger partial charge >= 0.3 is 5.97 Å². The van der Waals surface area contributed by atoms with Gasteiger partial charge in [-0.1, -0.05) is 5.11 Å². The summed E-state index contributed by atoms with van der Waals surface area (Å²) in [7, 11) is 0. The molecule has 0 aliphatic rings. The van der Waals surface area contributed by atoms with Gasteiger partial charge in [0.1, 0.15) is 0 Å². The second kappa shape index (κ2) is 5.87. The highest BCUT2D eigenvalue weighted by Crippen LogP contribution is 1.90. The lowest BCUT2D eigenvalue weighted by atomic mass is 10.3. The lowest BCUT2D eigenvalue weighted by Gasteiger charge is -1.92. The van der Waals surface area contributed by atoms with E-state index in [2.05, 4.69) is 20.8 Å². The molecule has 0 radical (unpaired) electrons. The van der Waals surface area contributed by atoms with Crippen LogP contribution in [0.15, 0.2) is 5.11 Å². The van der Waals surface area contributed by atoms with Crippen LogP contribution in [0.2, 0.25) is 0 Å². The van der Waals surface area contributed by atoms with Crippen molar-refractivity contribution in [2.24, 2.45) is 11.0 Å². The van der Waals surface area contributed by atoms with E-state index in [0.717, 1.165) is 0 Å². The van der Waals surface area contributed by atoms with Crippen LogP contribution in [0.5, 0.6) is 0 Å². The summed E-state index contributed by atoms with van der Waals surface area (Å²) in [5.74, 6) is 4.04. The number of carbonyl (C=O) groups is 1. The third-order valence-corrected chi connectivity index (χ3v) is 0.834. The number of rotatable bonds is 4. The third-order valence-electron chi connectivity index (χ3n) is 0.834. The van der Waals surface area contributed by atoms with Crippen LogP contribution in [0.4, 0.5) is 0 Å². The molecule has 0 rings (SSSR count). The smallest absolute Gasteiger partial charge is 0.324 e. The highest BCUT2D eigenvalue weighted by molar-refractivity contribution is 5.68. The Balaban J connectivity index is 3.19. The van der Waals surface area contributed by atoms with Crippen LogP contribution >= 0.6 is 0 Å². The highest BCUT2D eigenvalue weighted by Gasteiger charge is 1.97. The number of carbonyl (C=O) groups excluding carboxylic acids is 1. The minimum atomic E-state index is -0.492. The van der Waals surface area contributed by atoms with Gasteiger partial charge in [0, 0.05) is 17.9 Å². The molecule has 0 aliphatic heterocycles. The van der Waals surface area contributed by atoms with E-state index in [4.69, 9.17) is 5.53 Å². The first-order valence-electron chi connectivity index (χ1n) is 2.71. The minimum Gasteiger partial charge on any atom is -0.373 e. The van der Waals surface area contributed by atoms with Gasteiger partial charge in [-0.3, -0.25) is 4.79 Å². The third kappa shape index (κ3) is 4.89. The van der Waals surface area contributed by atoms with Crippen LogP contribution in [0.3, 0.4) is 0 Å². The summed E-state index contributed by atoms with van der Waals surface area (Å²) in [6, 6.07) is 0. The molecule has 0 aliphatic carbocycles. The Hall–Kier alpha value is -1.26. The molecular formula is C4H8N4O2. The van der Waals surface area contributed by atoms with Crippen LogP contribution in [-0.4, -0.2) is 12.5 Å². The molecule has 0 heterocycles. The fourth-order valence-corrected chi connectivity index (χ4v) is 0.398. The molecule has 0 aromatic carbocycles. The zero-order valence-corrected chi connectivity index (χ0v) is 5.36. The Morgan fingerprint density at radius 1 is 1.80 bits per heavy atom. The van der Waals surface area contributed by atoms with Crippen molar-refractivity contribution in [2.75, 3.05) is 6.54 Å². The van der Waals surface area contributed by atoms with Crippen molar-refractivity contribution in [3.8, 4) is 0 Å². The second-order valence-corrected chi connectivity index (χ2v) is 1.55. The van der Waals surface area contributed by atoms with Crippen LogP contribution < -0.4 is 5.90 Å². The van der Waals surface area contributed by atoms with E-state index in [0.29, 0.717) is 13.0 Å². The molecule has 0 saturated carbocycles. The van der Waals surface area contributed by atoms with E-state index in [1.807, 2.05) is 0 Å². The molecule has 0 amide bonds. The maximum Gasteiger partial charge on any atom is 0.324 e. The number of azide groups is 1. The summed E-state index contributed by atoms with van der Waals surface area (Å²) < 4.78 is 0. The van der Waals surface area contributed by atoms with Crippen molar-refractivity contribution >= 4 is 5.97 Å². The van der Waals surface area contributed by atoms with Gasteiger partial charge in [0.25, 0.3) is 0 Å². The lowest BCUT2D eigenvalue weighted by molar-refractivity contribution is -0.144. The molecular weight excluding hydrogens is 136 g/mol. The van der Waals surface area contributed by atoms with E-state index < -0.39 is 5.97 Å². The van der Waals surface area contributed by atoms with Crippen molar-refractivity contribution in [2.45, 2.75) is 12.8 Å². The monoisotopic (exact) mass is 144 g/mol. The second-order valence-electron chi connectivity index (χ2n) is 1.55. The van der Waals surface area contributed by atoms with Crippen molar-refractivity contribution < 1.29 is 9.63 Å². The maximum atomic E-state index is 10.3. The van der Waals surface area contributed by atoms with Crippen LogP contribution in [0.25, 0.3) is 10.4 Å². The fraction of sp³-hybridized carbons (Fsp3) is 0.750. The van der Waals surface area contributed by atoms with E-state index in [1.165, 1.54) is 0 Å². The van der Waals surface area contributed by atoms with Gasteiger partial charge in [-0.15, -0.1) is 0 Å². The highest BCUT2D eigenvalue weighted by atomic mass is 16.7. The first-order valence-corrected chi connectivity index (χ1v) is 2.71. The molecule has 56 valence electrons. The van der Waals surface area contributed by atoms with Crippen molar-refractivity contribution in [1.29, 1.82) is 0 Å². The summed E-state index contributed by atoms with van der Waals surface area (Å²) in [6.45, 7) is 0.297. The Kier molecular flexibility index (Phi) is 5.13. The predicted molar refractivity (Wildman–Crippen MR) is 33.5 cm³/mol. The van der Waals surface area contributed by atoms with Gasteiger partial charge in [0.15, 0.2) is 0 Å². The van der Waals surface area contributed by atoms with Crippen molar-refractivity contribution in [3.05, 3.63) is 10.4 Å². The Morgan fingerprint density at radius 3 is 3.00 bits per heavy atom. The average molecular weight is 144 g/mol. The van der Waals surface area contributed by atoms with Gasteiger partial charge in [-0.05, 0) is 12.0 Å². The van der Waals surface area contributed by atoms with Gasteiger partial charge in [0.05, 0.1) is 0 Å². The molecule has 0 spiro atoms. The number of nitrogens with zero attached hydrogens (tertiary/aromatic N) is 3. The Morgan fingerprint density at radius 2 is 2.50 bits per heavy atom. The summed E-state index contributed by atoms with van der Waals surface area (Å²) in [4.78, 5) is 16.6. The van der Waals surface area contributed by atoms with E-state index in [-0.39, 0.29) is 6.42 Å². The van der Waals surface area contributed by atoms with Crippen molar-refractivity contribution in [3.63, 3.8) is 0 Å². The quantitative estimate of drug-likeness (QED) is 0.204. The van der Waals surface area contributed by atoms with Crippen LogP contribution in [0, 0.1) is 0 Å². The van der Waals surface area contributed by atoms with Crippen molar-refractivity contribution in [1.82, 2.24) is 0 Å². The first-order chi connectivity index (χ1) is 4.81. The maximum absolute atomic E-state index is 10.3. The summed E-state index contributed by atoms with van der Waals surface area (Å²) >= 11 is 0. The topological polar surface area (TPSA) is 101 Å². The number of hydrogen-bond donors (Lipinski definition) is 1. The standard InChI is InChI=1S/C4H8N4O2/c5-8-7-3-1-2-4(9)10-6/h1-3,6H2. The fourth-order valence-electron chi connectivity index (χ4n) is 0.398. The van der Waals surface area contributed by atoms with E-state index in [9.17, 15) is 4.79 Å². The van der Waals surface area contributed by atoms with Gasteiger partial charge in [-0.25, -0.2) is 0 Å². The summed E-state index contributed by atoms with van der Waals surface area (Å²) in [6.07, 6.45) is 0.662. The minimum absolute atomic E-state index is 0.190. The molecule has 6 nitrogen and oxygen atoms in total. The zero-order valence-electron chi connectivity index (χ0n) is 5.36. The molecule has 2 N–H and O–H groups in total. The molecule has 0 aromatic rings. The molecule has 0 fully saturated rings. The normalized spacial score (nSPS) is 8.10. The molecule has 6 heteroatoms. The van der Waals surface area contributed by atoms with E-state index in [1.54, 1.807) is 0 Å². The predicted octanol–water partition coefficient (Wildman–Crippen LogP) is 0.494. The average Bonchev–Trinajstić information content (AvgIpc) is 1.98. The Labute approximate surface area is 57.5 Å². The zero-order chi connectivity index (χ0) is 7.82. The molecule has 0 aromatic heterocycles. The first kappa shape index (κ1) is 8.74. The van der Waals surface area contributed by atoms with Gasteiger partial charge < -0.3 is 4.84 Å². The molecule has 10 heavy (non-hydrogen) atoms. The van der Waals surface area contributed by atoms with Crippen LogP contribution in [-0.2, 0) is 9.63 Å². The molecule has 0 bridgehead atoms. The molecule has 0 atom stereocenters. The molecule has 0 unspecified atom stereocenters. The van der Waals surface area contributed by atoms with E-state index >= 15 is 0 Å². The molecule has 0 saturated heterocycles. The van der Waals surface area contributed by atoms with Crippen LogP contribution in [0.1, 0.15) is 12.8 Å². The lowest BCUT2D eigenvalue weighted by Crippen LogP contribution is -2.09. The number of nitrogens with two attached hydrogens (primary N) is 1. The SMILES string of the molecule is [N-]=[N+]=NCCCC(=O)ON.